The topological polar surface area (TPSA) is 40.5 Å². The van der Waals surface area contributed by atoms with E-state index in [2.05, 4.69) is 0 Å². The molecular formula is C16H18F4O2. The molecule has 2 N–H and O–H groups in total. The number of hydrogen-bond donors (Lipinski definition) is 2. The zero-order valence-corrected chi connectivity index (χ0v) is 12.3. The summed E-state index contributed by atoms with van der Waals surface area (Å²) >= 11 is 0. The van der Waals surface area contributed by atoms with Crippen LogP contribution >= 0.6 is 0 Å². The van der Waals surface area contributed by atoms with Gasteiger partial charge in [-0.2, -0.15) is 13.2 Å². The van der Waals surface area contributed by atoms with E-state index in [0.717, 1.165) is 12.1 Å². The molecule has 0 spiro atoms. The van der Waals surface area contributed by atoms with Gasteiger partial charge in [0.05, 0.1) is 6.61 Å². The van der Waals surface area contributed by atoms with Gasteiger partial charge in [0, 0.05) is 6.42 Å². The maximum Gasteiger partial charge on any atom is 0.418 e. The molecule has 2 nitrogen and oxygen atoms in total. The molecule has 6 heteroatoms. The van der Waals surface area contributed by atoms with Gasteiger partial charge in [0.25, 0.3) is 0 Å². The summed E-state index contributed by atoms with van der Waals surface area (Å²) in [5.74, 6) is 1.25. The number of halogens is 4. The van der Waals surface area contributed by atoms with Gasteiger partial charge in [-0.25, -0.2) is 4.39 Å². The van der Waals surface area contributed by atoms with Crippen LogP contribution in [0.25, 0.3) is 0 Å². The lowest BCUT2D eigenvalue weighted by molar-refractivity contribution is -0.264. The predicted molar refractivity (Wildman–Crippen MR) is 74.4 cm³/mol. The Balaban J connectivity index is 3.27. The highest BCUT2D eigenvalue weighted by Gasteiger charge is 2.55. The van der Waals surface area contributed by atoms with Crippen LogP contribution in [0.5, 0.6) is 0 Å². The number of hydrogen-bond acceptors (Lipinski definition) is 2. The molecule has 0 amide bonds. The molecule has 0 aromatic heterocycles. The van der Waals surface area contributed by atoms with Crippen molar-refractivity contribution >= 4 is 0 Å². The van der Waals surface area contributed by atoms with Gasteiger partial charge in [-0.15, -0.1) is 12.3 Å². The second kappa shape index (κ2) is 6.27. The van der Waals surface area contributed by atoms with Crippen LogP contribution in [-0.4, -0.2) is 22.0 Å². The van der Waals surface area contributed by atoms with E-state index in [0.29, 0.717) is 5.56 Å². The van der Waals surface area contributed by atoms with Crippen molar-refractivity contribution in [2.75, 3.05) is 0 Å². The predicted octanol–water partition coefficient (Wildman–Crippen LogP) is 3.30. The maximum atomic E-state index is 13.2. The van der Waals surface area contributed by atoms with Gasteiger partial charge in [-0.3, -0.25) is 0 Å². The van der Waals surface area contributed by atoms with Crippen LogP contribution in [0.3, 0.4) is 0 Å². The van der Waals surface area contributed by atoms with Crippen LogP contribution < -0.4 is 0 Å². The standard InChI is InChI=1S/C16H18F4O2/c1-4-7-15(22,16(18,19)20)10-14(2,3)13-6-5-12(17)8-11(13)9-21/h1,5-6,8,21-22H,7,9-10H2,2-3H3. The number of terminal acetylenes is 1. The molecule has 0 aliphatic rings. The molecule has 0 radical (unpaired) electrons. The van der Waals surface area contributed by atoms with E-state index >= 15 is 0 Å². The third-order valence-corrected chi connectivity index (χ3v) is 3.62. The SMILES string of the molecule is C#CCC(O)(CC(C)(C)c1ccc(F)cc1CO)C(F)(F)F. The Morgan fingerprint density at radius 3 is 2.27 bits per heavy atom. The second-order valence-electron chi connectivity index (χ2n) is 5.93. The molecule has 0 aliphatic heterocycles. The molecule has 0 heterocycles. The molecule has 122 valence electrons. The first-order valence-corrected chi connectivity index (χ1v) is 6.59. The number of rotatable bonds is 5. The van der Waals surface area contributed by atoms with Crippen molar-refractivity contribution in [3.05, 3.63) is 35.1 Å². The Bertz CT molecular complexity index is 572. The fourth-order valence-electron chi connectivity index (χ4n) is 2.61. The van der Waals surface area contributed by atoms with Crippen molar-refractivity contribution < 1.29 is 27.8 Å². The summed E-state index contributed by atoms with van der Waals surface area (Å²) in [6.45, 7) is 2.44. The summed E-state index contributed by atoms with van der Waals surface area (Å²) in [4.78, 5) is 0. The van der Waals surface area contributed by atoms with E-state index in [1.54, 1.807) is 0 Å². The van der Waals surface area contributed by atoms with Crippen LogP contribution in [0.15, 0.2) is 18.2 Å². The number of benzene rings is 1. The van der Waals surface area contributed by atoms with Gasteiger partial charge < -0.3 is 10.2 Å². The summed E-state index contributed by atoms with van der Waals surface area (Å²) in [6.07, 6.45) is -1.53. The summed E-state index contributed by atoms with van der Waals surface area (Å²) < 4.78 is 52.6. The number of aliphatic hydroxyl groups excluding tert-OH is 1. The Morgan fingerprint density at radius 1 is 1.23 bits per heavy atom. The van der Waals surface area contributed by atoms with E-state index in [9.17, 15) is 27.8 Å². The number of aliphatic hydroxyl groups is 2. The van der Waals surface area contributed by atoms with Gasteiger partial charge in [0.1, 0.15) is 5.82 Å². The van der Waals surface area contributed by atoms with Crippen LogP contribution in [0.2, 0.25) is 0 Å². The first-order valence-electron chi connectivity index (χ1n) is 6.59. The minimum Gasteiger partial charge on any atom is -0.392 e. The summed E-state index contributed by atoms with van der Waals surface area (Å²) in [7, 11) is 0. The van der Waals surface area contributed by atoms with Gasteiger partial charge >= 0.3 is 6.18 Å². The Hall–Kier alpha value is -1.58. The number of alkyl halides is 3. The first kappa shape index (κ1) is 18.5. The van der Waals surface area contributed by atoms with Crippen LogP contribution in [0.1, 0.15) is 37.8 Å². The van der Waals surface area contributed by atoms with Gasteiger partial charge in [-0.1, -0.05) is 19.9 Å². The smallest absolute Gasteiger partial charge is 0.392 e. The molecule has 0 aliphatic carbocycles. The lowest BCUT2D eigenvalue weighted by Crippen LogP contribution is -2.49. The molecule has 0 saturated heterocycles. The molecule has 1 unspecified atom stereocenters. The summed E-state index contributed by atoms with van der Waals surface area (Å²) in [6, 6.07) is 3.47. The largest absolute Gasteiger partial charge is 0.418 e. The zero-order chi connectivity index (χ0) is 17.2. The Kier molecular flexibility index (Phi) is 5.26. The quantitative estimate of drug-likeness (QED) is 0.646. The molecule has 0 bridgehead atoms. The molecule has 1 aromatic rings. The van der Waals surface area contributed by atoms with Crippen molar-refractivity contribution in [2.24, 2.45) is 0 Å². The molecule has 0 fully saturated rings. The van der Waals surface area contributed by atoms with E-state index in [-0.39, 0.29) is 5.56 Å². The van der Waals surface area contributed by atoms with E-state index in [1.165, 1.54) is 19.9 Å². The highest BCUT2D eigenvalue weighted by atomic mass is 19.4. The lowest BCUT2D eigenvalue weighted by atomic mass is 9.72. The van der Waals surface area contributed by atoms with Gasteiger partial charge in [-0.05, 0) is 35.1 Å². The maximum absolute atomic E-state index is 13.2. The molecular weight excluding hydrogens is 300 g/mol. The zero-order valence-electron chi connectivity index (χ0n) is 12.3. The van der Waals surface area contributed by atoms with Crippen LogP contribution in [0.4, 0.5) is 17.6 Å². The average Bonchev–Trinajstić information content (AvgIpc) is 2.36. The third kappa shape index (κ3) is 3.79. The van der Waals surface area contributed by atoms with Gasteiger partial charge in [0.15, 0.2) is 5.60 Å². The fourth-order valence-corrected chi connectivity index (χ4v) is 2.61. The fraction of sp³-hybridized carbons (Fsp3) is 0.500. The van der Waals surface area contributed by atoms with Gasteiger partial charge in [0.2, 0.25) is 0 Å². The van der Waals surface area contributed by atoms with E-state index in [1.807, 2.05) is 5.92 Å². The highest BCUT2D eigenvalue weighted by Crippen LogP contribution is 2.43. The molecule has 1 rings (SSSR count). The van der Waals surface area contributed by atoms with Crippen LogP contribution in [0, 0.1) is 18.2 Å². The minimum absolute atomic E-state index is 0.176. The normalized spacial score (nSPS) is 15.2. The van der Waals surface area contributed by atoms with Crippen molar-refractivity contribution in [2.45, 2.75) is 50.5 Å². The Labute approximate surface area is 126 Å². The summed E-state index contributed by atoms with van der Waals surface area (Å²) in [5, 5.41) is 19.2. The molecule has 0 saturated carbocycles. The summed E-state index contributed by atoms with van der Waals surface area (Å²) in [5.41, 5.74) is -3.72. The minimum atomic E-state index is -4.89. The van der Waals surface area contributed by atoms with Crippen LogP contribution in [-0.2, 0) is 12.0 Å². The third-order valence-electron chi connectivity index (χ3n) is 3.62. The lowest BCUT2D eigenvalue weighted by Gasteiger charge is -2.37. The van der Waals surface area contributed by atoms with E-state index in [4.69, 9.17) is 6.42 Å². The molecule has 22 heavy (non-hydrogen) atoms. The molecule has 1 aromatic carbocycles. The Morgan fingerprint density at radius 2 is 1.82 bits per heavy atom. The van der Waals surface area contributed by atoms with Crippen molar-refractivity contribution in [1.29, 1.82) is 0 Å². The van der Waals surface area contributed by atoms with Crippen molar-refractivity contribution in [3.63, 3.8) is 0 Å². The highest BCUT2D eigenvalue weighted by molar-refractivity contribution is 5.34. The average molecular weight is 318 g/mol. The van der Waals surface area contributed by atoms with Crippen molar-refractivity contribution in [1.82, 2.24) is 0 Å². The first-order chi connectivity index (χ1) is 9.97. The monoisotopic (exact) mass is 318 g/mol. The van der Waals surface area contributed by atoms with E-state index < -0.39 is 42.5 Å². The molecule has 1 atom stereocenters. The van der Waals surface area contributed by atoms with Crippen molar-refractivity contribution in [3.8, 4) is 12.3 Å². The second-order valence-corrected chi connectivity index (χ2v) is 5.93.